The van der Waals surface area contributed by atoms with Gasteiger partial charge in [-0.05, 0) is 39.0 Å². The molecule has 0 aliphatic heterocycles. The maximum atomic E-state index is 11.2. The van der Waals surface area contributed by atoms with Crippen LogP contribution in [0.25, 0.3) is 33.3 Å². The zero-order chi connectivity index (χ0) is 18.6. The lowest BCUT2D eigenvalue weighted by atomic mass is 10.1. The van der Waals surface area contributed by atoms with Crippen molar-refractivity contribution in [3.05, 3.63) is 36.2 Å². The van der Waals surface area contributed by atoms with E-state index in [4.69, 9.17) is 10.8 Å². The second-order valence-corrected chi connectivity index (χ2v) is 7.18. The first-order chi connectivity index (χ1) is 12.3. The van der Waals surface area contributed by atoms with E-state index in [2.05, 4.69) is 15.0 Å². The van der Waals surface area contributed by atoms with Crippen LogP contribution < -0.4 is 5.73 Å². The number of carboxylic acid groups (broad SMARTS) is 1. The van der Waals surface area contributed by atoms with E-state index >= 15 is 0 Å². The van der Waals surface area contributed by atoms with E-state index in [1.165, 1.54) is 6.33 Å². The third kappa shape index (κ3) is 2.38. The molecule has 4 aromatic rings. The van der Waals surface area contributed by atoms with Gasteiger partial charge in [-0.15, -0.1) is 0 Å². The van der Waals surface area contributed by atoms with E-state index in [0.29, 0.717) is 28.1 Å². The molecule has 4 N–H and O–H groups in total. The predicted molar refractivity (Wildman–Crippen MR) is 99.0 cm³/mol. The molecule has 0 amide bonds. The first kappa shape index (κ1) is 16.1. The molecule has 132 valence electrons. The molecule has 0 saturated heterocycles. The highest BCUT2D eigenvalue weighted by molar-refractivity contribution is 6.01. The number of carbonyl (C=O) groups is 1. The highest BCUT2D eigenvalue weighted by atomic mass is 16.4. The Morgan fingerprint density at radius 1 is 1.23 bits per heavy atom. The molecule has 1 aromatic carbocycles. The van der Waals surface area contributed by atoms with Crippen LogP contribution in [0.15, 0.2) is 30.6 Å². The Hall–Kier alpha value is -3.42. The molecule has 0 atom stereocenters. The molecule has 0 spiro atoms. The Kier molecular flexibility index (Phi) is 3.27. The van der Waals surface area contributed by atoms with Gasteiger partial charge in [0, 0.05) is 10.9 Å². The number of aromatic nitrogens is 5. The smallest absolute Gasteiger partial charge is 0.335 e. The summed E-state index contributed by atoms with van der Waals surface area (Å²) < 4.78 is 1.82. The normalized spacial score (nSPS) is 12.1. The Morgan fingerprint density at radius 3 is 2.69 bits per heavy atom. The number of hydrogen-bond donors (Lipinski definition) is 3. The Morgan fingerprint density at radius 2 is 2.00 bits per heavy atom. The number of H-pyrrole nitrogens is 1. The van der Waals surface area contributed by atoms with Crippen molar-refractivity contribution in [1.29, 1.82) is 0 Å². The molecule has 0 saturated carbocycles. The third-order valence-corrected chi connectivity index (χ3v) is 4.25. The zero-order valence-corrected chi connectivity index (χ0v) is 14.6. The zero-order valence-electron chi connectivity index (χ0n) is 14.6. The number of benzene rings is 1. The largest absolute Gasteiger partial charge is 0.478 e. The second-order valence-electron chi connectivity index (χ2n) is 7.18. The van der Waals surface area contributed by atoms with Gasteiger partial charge in [0.25, 0.3) is 0 Å². The van der Waals surface area contributed by atoms with Gasteiger partial charge >= 0.3 is 5.97 Å². The molecule has 3 heterocycles. The minimum atomic E-state index is -0.969. The summed E-state index contributed by atoms with van der Waals surface area (Å²) in [6.45, 7) is 6.10. The molecule has 8 nitrogen and oxygen atoms in total. The maximum Gasteiger partial charge on any atom is 0.335 e. The van der Waals surface area contributed by atoms with E-state index in [1.807, 2.05) is 31.5 Å². The molecule has 0 aliphatic rings. The summed E-state index contributed by atoms with van der Waals surface area (Å²) in [6.07, 6.45) is 1.43. The average molecular weight is 350 g/mol. The number of rotatable bonds is 2. The van der Waals surface area contributed by atoms with Gasteiger partial charge in [0.2, 0.25) is 0 Å². The standard InChI is InChI=1S/C18H18N6O2/c1-18(2,3)24-16-13(15(19)20-8-21-16)14(23-24)12-6-9-4-5-10(17(25)26)7-11(9)22-12/h4-8,22H,1-3H3,(H,25,26)(H2,19,20,21). The average Bonchev–Trinajstić information content (AvgIpc) is 3.15. The fourth-order valence-corrected chi connectivity index (χ4v) is 3.02. The first-order valence-electron chi connectivity index (χ1n) is 8.12. The van der Waals surface area contributed by atoms with Crippen LogP contribution in [0.1, 0.15) is 31.1 Å². The van der Waals surface area contributed by atoms with E-state index in [-0.39, 0.29) is 11.1 Å². The van der Waals surface area contributed by atoms with Crippen molar-refractivity contribution in [2.75, 3.05) is 5.73 Å². The highest BCUT2D eigenvalue weighted by Gasteiger charge is 2.24. The lowest BCUT2D eigenvalue weighted by molar-refractivity contribution is 0.0697. The molecule has 8 heteroatoms. The summed E-state index contributed by atoms with van der Waals surface area (Å²) in [4.78, 5) is 22.9. The van der Waals surface area contributed by atoms with Crippen molar-refractivity contribution in [2.45, 2.75) is 26.3 Å². The van der Waals surface area contributed by atoms with Crippen LogP contribution in [0.4, 0.5) is 5.82 Å². The number of fused-ring (bicyclic) bond motifs is 2. The Bertz CT molecular complexity index is 1170. The van der Waals surface area contributed by atoms with Crippen LogP contribution in [-0.4, -0.2) is 35.8 Å². The molecule has 0 radical (unpaired) electrons. The van der Waals surface area contributed by atoms with Gasteiger partial charge in [0.05, 0.1) is 22.2 Å². The Balaban J connectivity index is 2.00. The fraction of sp³-hybridized carbons (Fsp3) is 0.222. The number of nitrogens with one attached hydrogen (secondary N) is 1. The van der Waals surface area contributed by atoms with Gasteiger partial charge < -0.3 is 15.8 Å². The first-order valence-corrected chi connectivity index (χ1v) is 8.12. The van der Waals surface area contributed by atoms with Gasteiger partial charge in [-0.25, -0.2) is 19.4 Å². The lowest BCUT2D eigenvalue weighted by Crippen LogP contribution is -2.23. The number of hydrogen-bond acceptors (Lipinski definition) is 5. The predicted octanol–water partition coefficient (Wildman–Crippen LogP) is 3.01. The van der Waals surface area contributed by atoms with Crippen molar-refractivity contribution >= 4 is 33.7 Å². The van der Waals surface area contributed by atoms with Crippen LogP contribution in [0.5, 0.6) is 0 Å². The van der Waals surface area contributed by atoms with Crippen molar-refractivity contribution in [3.8, 4) is 11.4 Å². The summed E-state index contributed by atoms with van der Waals surface area (Å²) in [5.41, 5.74) is 8.79. The molecule has 0 aliphatic carbocycles. The van der Waals surface area contributed by atoms with Gasteiger partial charge in [-0.1, -0.05) is 6.07 Å². The number of aromatic carboxylic acids is 1. The summed E-state index contributed by atoms with van der Waals surface area (Å²) in [5, 5.41) is 15.5. The van der Waals surface area contributed by atoms with Crippen LogP contribution in [0.2, 0.25) is 0 Å². The lowest BCUT2D eigenvalue weighted by Gasteiger charge is -2.19. The minimum Gasteiger partial charge on any atom is -0.478 e. The molecular formula is C18H18N6O2. The monoisotopic (exact) mass is 350 g/mol. The number of carboxylic acids is 1. The van der Waals surface area contributed by atoms with Gasteiger partial charge in [0.15, 0.2) is 5.65 Å². The van der Waals surface area contributed by atoms with Crippen LogP contribution in [-0.2, 0) is 5.54 Å². The molecule has 26 heavy (non-hydrogen) atoms. The van der Waals surface area contributed by atoms with Gasteiger partial charge in [-0.2, -0.15) is 5.10 Å². The van der Waals surface area contributed by atoms with Crippen molar-refractivity contribution in [1.82, 2.24) is 24.7 Å². The van der Waals surface area contributed by atoms with Crippen LogP contribution in [0, 0.1) is 0 Å². The SMILES string of the molecule is CC(C)(C)n1nc(-c2cc3ccc(C(=O)O)cc3[nH]2)c2c(N)ncnc21. The van der Waals surface area contributed by atoms with Crippen molar-refractivity contribution < 1.29 is 9.90 Å². The molecule has 0 bridgehead atoms. The number of anilines is 1. The topological polar surface area (TPSA) is 123 Å². The molecule has 3 aromatic heterocycles. The van der Waals surface area contributed by atoms with Gasteiger partial charge in [0.1, 0.15) is 17.8 Å². The fourth-order valence-electron chi connectivity index (χ4n) is 3.02. The highest BCUT2D eigenvalue weighted by Crippen LogP contribution is 2.34. The number of nitrogens with zero attached hydrogens (tertiary/aromatic N) is 4. The van der Waals surface area contributed by atoms with Crippen molar-refractivity contribution in [3.63, 3.8) is 0 Å². The third-order valence-electron chi connectivity index (χ3n) is 4.25. The van der Waals surface area contributed by atoms with E-state index < -0.39 is 5.97 Å². The van der Waals surface area contributed by atoms with E-state index in [0.717, 1.165) is 11.1 Å². The number of nitrogen functional groups attached to an aromatic ring is 1. The molecular weight excluding hydrogens is 332 g/mol. The van der Waals surface area contributed by atoms with Crippen molar-refractivity contribution in [2.24, 2.45) is 0 Å². The molecule has 0 fully saturated rings. The van der Waals surface area contributed by atoms with E-state index in [1.54, 1.807) is 18.2 Å². The maximum absolute atomic E-state index is 11.2. The van der Waals surface area contributed by atoms with Crippen LogP contribution in [0.3, 0.4) is 0 Å². The number of aromatic amines is 1. The van der Waals surface area contributed by atoms with Crippen LogP contribution >= 0.6 is 0 Å². The summed E-state index contributed by atoms with van der Waals surface area (Å²) in [7, 11) is 0. The Labute approximate surface area is 148 Å². The summed E-state index contributed by atoms with van der Waals surface area (Å²) >= 11 is 0. The molecule has 0 unspecified atom stereocenters. The minimum absolute atomic E-state index is 0.221. The number of nitrogens with two attached hydrogens (primary N) is 1. The summed E-state index contributed by atoms with van der Waals surface area (Å²) in [5.74, 6) is -0.617. The van der Waals surface area contributed by atoms with Gasteiger partial charge in [-0.3, -0.25) is 0 Å². The molecule has 4 rings (SSSR count). The summed E-state index contributed by atoms with van der Waals surface area (Å²) in [6, 6.07) is 6.86. The second kappa shape index (κ2) is 5.29. The quantitative estimate of drug-likeness (QED) is 0.511. The van der Waals surface area contributed by atoms with E-state index in [9.17, 15) is 9.90 Å².